The zero-order chi connectivity index (χ0) is 15.9. The molecule has 118 valence electrons. The first-order valence-corrected chi connectivity index (χ1v) is 6.93. The van der Waals surface area contributed by atoms with Crippen molar-refractivity contribution in [2.75, 3.05) is 13.7 Å². The van der Waals surface area contributed by atoms with Crippen LogP contribution in [0.25, 0.3) is 0 Å². The maximum absolute atomic E-state index is 13.5. The number of hydrogen-bond donors (Lipinski definition) is 3. The maximum Gasteiger partial charge on any atom is 0.315 e. The van der Waals surface area contributed by atoms with Gasteiger partial charge in [-0.2, -0.15) is 0 Å². The number of aliphatic hydroxyl groups excluding tert-OH is 1. The molecule has 2 amide bonds. The van der Waals surface area contributed by atoms with E-state index in [4.69, 9.17) is 9.84 Å². The molecule has 0 aliphatic carbocycles. The minimum Gasteiger partial charge on any atom is -0.494 e. The highest BCUT2D eigenvalue weighted by atomic mass is 19.1. The molecule has 1 unspecified atom stereocenters. The third-order valence-electron chi connectivity index (χ3n) is 3.53. The molecule has 6 heteroatoms. The lowest BCUT2D eigenvalue weighted by atomic mass is 9.95. The Morgan fingerprint density at radius 2 is 2.19 bits per heavy atom. The van der Waals surface area contributed by atoms with Crippen LogP contribution >= 0.6 is 0 Å². The second-order valence-corrected chi connectivity index (χ2v) is 5.16. The molecular formula is C15H23FN2O3. The summed E-state index contributed by atoms with van der Waals surface area (Å²) in [5.74, 6) is -0.291. The van der Waals surface area contributed by atoms with Gasteiger partial charge in [-0.15, -0.1) is 0 Å². The number of ether oxygens (including phenoxy) is 1. The molecule has 1 rings (SSSR count). The highest BCUT2D eigenvalue weighted by molar-refractivity contribution is 5.74. The SMILES string of the molecule is CCC(C)(CCO)NC(=O)NCc1ccc(OC)c(F)c1. The largest absolute Gasteiger partial charge is 0.494 e. The van der Waals surface area contributed by atoms with Crippen LogP contribution in [0.15, 0.2) is 18.2 Å². The fraction of sp³-hybridized carbons (Fsp3) is 0.533. The minimum absolute atomic E-state index is 0.00825. The Kier molecular flexibility index (Phi) is 6.42. The molecule has 0 saturated carbocycles. The van der Waals surface area contributed by atoms with Crippen LogP contribution in [-0.4, -0.2) is 30.4 Å². The smallest absolute Gasteiger partial charge is 0.315 e. The first-order valence-electron chi connectivity index (χ1n) is 6.93. The van der Waals surface area contributed by atoms with Gasteiger partial charge in [-0.25, -0.2) is 9.18 Å². The molecule has 0 fully saturated rings. The highest BCUT2D eigenvalue weighted by Crippen LogP contribution is 2.17. The van der Waals surface area contributed by atoms with E-state index in [-0.39, 0.29) is 24.9 Å². The van der Waals surface area contributed by atoms with Crippen molar-refractivity contribution in [1.29, 1.82) is 0 Å². The first kappa shape index (κ1) is 17.2. The van der Waals surface area contributed by atoms with E-state index < -0.39 is 11.4 Å². The minimum atomic E-state index is -0.462. The van der Waals surface area contributed by atoms with Gasteiger partial charge in [0.2, 0.25) is 0 Å². The van der Waals surface area contributed by atoms with Gasteiger partial charge in [-0.1, -0.05) is 13.0 Å². The number of urea groups is 1. The summed E-state index contributed by atoms with van der Waals surface area (Å²) in [5.41, 5.74) is 0.188. The standard InChI is InChI=1S/C15H23FN2O3/c1-4-15(2,7-8-19)18-14(20)17-10-11-5-6-13(21-3)12(16)9-11/h5-6,9,19H,4,7-8,10H2,1-3H3,(H2,17,18,20). The molecule has 0 heterocycles. The summed E-state index contributed by atoms with van der Waals surface area (Å²) in [6.45, 7) is 4.03. The van der Waals surface area contributed by atoms with Gasteiger partial charge in [-0.05, 0) is 37.5 Å². The van der Waals surface area contributed by atoms with Crippen molar-refractivity contribution in [3.05, 3.63) is 29.6 Å². The van der Waals surface area contributed by atoms with Crippen molar-refractivity contribution >= 4 is 6.03 Å². The van der Waals surface area contributed by atoms with Crippen molar-refractivity contribution in [3.63, 3.8) is 0 Å². The van der Waals surface area contributed by atoms with Gasteiger partial charge in [0.05, 0.1) is 7.11 Å². The fourth-order valence-corrected chi connectivity index (χ4v) is 1.89. The molecule has 3 N–H and O–H groups in total. The van der Waals surface area contributed by atoms with Gasteiger partial charge in [0.1, 0.15) is 0 Å². The molecule has 1 atom stereocenters. The van der Waals surface area contributed by atoms with Crippen molar-refractivity contribution in [3.8, 4) is 5.75 Å². The number of carbonyl (C=O) groups is 1. The zero-order valence-corrected chi connectivity index (χ0v) is 12.7. The van der Waals surface area contributed by atoms with E-state index in [1.54, 1.807) is 6.07 Å². The zero-order valence-electron chi connectivity index (χ0n) is 12.7. The Labute approximate surface area is 124 Å². The molecule has 0 aliphatic heterocycles. The van der Waals surface area contributed by atoms with Crippen LogP contribution in [-0.2, 0) is 6.54 Å². The van der Waals surface area contributed by atoms with E-state index in [1.807, 2.05) is 13.8 Å². The Morgan fingerprint density at radius 3 is 2.71 bits per heavy atom. The molecular weight excluding hydrogens is 275 g/mol. The summed E-state index contributed by atoms with van der Waals surface area (Å²) < 4.78 is 18.4. The summed E-state index contributed by atoms with van der Waals surface area (Å²) in [4.78, 5) is 11.9. The molecule has 5 nitrogen and oxygen atoms in total. The van der Waals surface area contributed by atoms with Crippen LogP contribution in [0, 0.1) is 5.82 Å². The molecule has 21 heavy (non-hydrogen) atoms. The van der Waals surface area contributed by atoms with E-state index in [1.165, 1.54) is 19.2 Å². The van der Waals surface area contributed by atoms with Crippen LogP contribution in [0.4, 0.5) is 9.18 Å². The summed E-state index contributed by atoms with van der Waals surface area (Å²) in [6.07, 6.45) is 1.19. The normalized spacial score (nSPS) is 13.4. The van der Waals surface area contributed by atoms with Crippen molar-refractivity contribution in [1.82, 2.24) is 10.6 Å². The van der Waals surface area contributed by atoms with Crippen LogP contribution < -0.4 is 15.4 Å². The molecule has 1 aromatic rings. The lowest BCUT2D eigenvalue weighted by Gasteiger charge is -2.29. The van der Waals surface area contributed by atoms with Crippen LogP contribution in [0.5, 0.6) is 5.75 Å². The Morgan fingerprint density at radius 1 is 1.48 bits per heavy atom. The summed E-state index contributed by atoms with van der Waals surface area (Å²) in [6, 6.07) is 4.19. The average molecular weight is 298 g/mol. The second kappa shape index (κ2) is 7.83. The number of hydrogen-bond acceptors (Lipinski definition) is 3. The van der Waals surface area contributed by atoms with Crippen molar-refractivity contribution < 1.29 is 19.0 Å². The van der Waals surface area contributed by atoms with Gasteiger partial charge in [0.25, 0.3) is 0 Å². The average Bonchev–Trinajstić information content (AvgIpc) is 2.45. The number of benzene rings is 1. The van der Waals surface area contributed by atoms with Crippen molar-refractivity contribution in [2.24, 2.45) is 0 Å². The molecule has 0 bridgehead atoms. The number of nitrogens with one attached hydrogen (secondary N) is 2. The van der Waals surface area contributed by atoms with E-state index in [0.29, 0.717) is 18.4 Å². The number of amides is 2. The molecule has 0 radical (unpaired) electrons. The summed E-state index contributed by atoms with van der Waals surface area (Å²) >= 11 is 0. The van der Waals surface area contributed by atoms with E-state index in [9.17, 15) is 9.18 Å². The monoisotopic (exact) mass is 298 g/mol. The molecule has 0 aliphatic rings. The molecule has 0 aromatic heterocycles. The lowest BCUT2D eigenvalue weighted by molar-refractivity contribution is 0.200. The van der Waals surface area contributed by atoms with Gasteiger partial charge in [0.15, 0.2) is 11.6 Å². The van der Waals surface area contributed by atoms with Gasteiger partial charge in [-0.3, -0.25) is 0 Å². The summed E-state index contributed by atoms with van der Waals surface area (Å²) in [5, 5.41) is 14.5. The number of halogens is 1. The summed E-state index contributed by atoms with van der Waals surface area (Å²) in [7, 11) is 1.40. The van der Waals surface area contributed by atoms with E-state index in [2.05, 4.69) is 10.6 Å². The van der Waals surface area contributed by atoms with Gasteiger partial charge < -0.3 is 20.5 Å². The van der Waals surface area contributed by atoms with Crippen molar-refractivity contribution in [2.45, 2.75) is 38.8 Å². The maximum atomic E-state index is 13.5. The number of methoxy groups -OCH3 is 1. The predicted octanol–water partition coefficient (Wildman–Crippen LogP) is 2.18. The Bertz CT molecular complexity index is 482. The Hall–Kier alpha value is -1.82. The number of aliphatic hydroxyl groups is 1. The topological polar surface area (TPSA) is 70.6 Å². The second-order valence-electron chi connectivity index (χ2n) is 5.16. The van der Waals surface area contributed by atoms with Crippen LogP contribution in [0.2, 0.25) is 0 Å². The third-order valence-corrected chi connectivity index (χ3v) is 3.53. The van der Waals surface area contributed by atoms with Crippen LogP contribution in [0.3, 0.4) is 0 Å². The quantitative estimate of drug-likeness (QED) is 0.722. The molecule has 0 saturated heterocycles. The van der Waals surface area contributed by atoms with Crippen LogP contribution in [0.1, 0.15) is 32.3 Å². The number of carbonyl (C=O) groups excluding carboxylic acids is 1. The Balaban J connectivity index is 2.55. The van der Waals surface area contributed by atoms with Gasteiger partial charge >= 0.3 is 6.03 Å². The molecule has 1 aromatic carbocycles. The highest BCUT2D eigenvalue weighted by Gasteiger charge is 2.23. The fourth-order valence-electron chi connectivity index (χ4n) is 1.89. The lowest BCUT2D eigenvalue weighted by Crippen LogP contribution is -2.50. The van der Waals surface area contributed by atoms with E-state index in [0.717, 1.165) is 0 Å². The first-order chi connectivity index (χ1) is 9.94. The van der Waals surface area contributed by atoms with Gasteiger partial charge in [0, 0.05) is 18.7 Å². The van der Waals surface area contributed by atoms with E-state index >= 15 is 0 Å². The molecule has 0 spiro atoms. The number of rotatable bonds is 7. The predicted molar refractivity (Wildman–Crippen MR) is 78.7 cm³/mol. The third kappa shape index (κ3) is 5.23.